The Morgan fingerprint density at radius 2 is 2.03 bits per heavy atom. The van der Waals surface area contributed by atoms with Gasteiger partial charge in [0.1, 0.15) is 11.1 Å². The number of nitrogens with one attached hydrogen (secondary N) is 2. The Labute approximate surface area is 204 Å². The van der Waals surface area contributed by atoms with Crippen molar-refractivity contribution in [2.45, 2.75) is 58.0 Å². The Hall–Kier alpha value is -3.15. The fraction of sp³-hybridized carbons (Fsp3) is 0.478. The van der Waals surface area contributed by atoms with Crippen molar-refractivity contribution in [3.8, 4) is 0 Å². The zero-order chi connectivity index (χ0) is 25.5. The van der Waals surface area contributed by atoms with Gasteiger partial charge in [-0.05, 0) is 63.5 Å². The smallest absolute Gasteiger partial charge is 0.410 e. The number of carbonyl (C=O) groups excluding carboxylic acids is 1. The average Bonchev–Trinajstić information content (AvgIpc) is 3.25. The van der Waals surface area contributed by atoms with E-state index in [1.807, 2.05) is 0 Å². The van der Waals surface area contributed by atoms with E-state index in [9.17, 15) is 22.8 Å². The summed E-state index contributed by atoms with van der Waals surface area (Å²) in [5.41, 5.74) is 0.625. The van der Waals surface area contributed by atoms with Gasteiger partial charge in [-0.15, -0.1) is 0 Å². The molecular formula is C23H26F3N5O3S. The number of alkyl halides is 3. The van der Waals surface area contributed by atoms with Crippen LogP contribution in [0.1, 0.15) is 50.9 Å². The number of hydrogen-bond acceptors (Lipinski definition) is 5. The minimum absolute atomic E-state index is 0.111. The molecule has 1 aliphatic heterocycles. The Kier molecular flexibility index (Phi) is 6.52. The highest BCUT2D eigenvalue weighted by Gasteiger charge is 2.47. The number of fused-ring (bicyclic) bond motifs is 1. The summed E-state index contributed by atoms with van der Waals surface area (Å²) in [5.74, 6) is -1.58. The fourth-order valence-corrected chi connectivity index (χ4v) is 4.63. The zero-order valence-corrected chi connectivity index (χ0v) is 20.3. The summed E-state index contributed by atoms with van der Waals surface area (Å²) in [6, 6.07) is 4.16. The van der Waals surface area contributed by atoms with Gasteiger partial charge in [-0.3, -0.25) is 19.7 Å². The molecule has 0 aromatic carbocycles. The van der Waals surface area contributed by atoms with E-state index in [0.29, 0.717) is 22.3 Å². The molecule has 1 aliphatic rings. The third-order valence-electron chi connectivity index (χ3n) is 5.97. The molecular weight excluding hydrogens is 483 g/mol. The van der Waals surface area contributed by atoms with E-state index in [2.05, 4.69) is 15.0 Å². The van der Waals surface area contributed by atoms with Gasteiger partial charge in [-0.25, -0.2) is 4.79 Å². The van der Waals surface area contributed by atoms with Crippen LogP contribution >= 0.6 is 12.2 Å². The molecule has 1 saturated heterocycles. The molecule has 8 nitrogen and oxygen atoms in total. The third-order valence-corrected chi connectivity index (χ3v) is 6.29. The summed E-state index contributed by atoms with van der Waals surface area (Å²) in [6.07, 6.45) is -2.53. The number of likely N-dealkylation sites (tertiary alicyclic amines) is 1. The van der Waals surface area contributed by atoms with Crippen LogP contribution in [-0.4, -0.2) is 48.8 Å². The fourth-order valence-electron chi connectivity index (χ4n) is 4.38. The van der Waals surface area contributed by atoms with Crippen molar-refractivity contribution >= 4 is 29.3 Å². The molecule has 4 heterocycles. The number of rotatable bonds is 3. The van der Waals surface area contributed by atoms with Crippen molar-refractivity contribution in [3.05, 3.63) is 57.0 Å². The molecule has 0 bridgehead atoms. The van der Waals surface area contributed by atoms with Crippen LogP contribution in [0.2, 0.25) is 0 Å². The van der Waals surface area contributed by atoms with E-state index in [1.165, 1.54) is 11.1 Å². The van der Waals surface area contributed by atoms with Crippen molar-refractivity contribution in [1.82, 2.24) is 24.4 Å². The maximum absolute atomic E-state index is 13.7. The second-order valence-corrected chi connectivity index (χ2v) is 9.97. The zero-order valence-electron chi connectivity index (χ0n) is 19.5. The van der Waals surface area contributed by atoms with Gasteiger partial charge in [-0.1, -0.05) is 6.07 Å². The predicted octanol–water partition coefficient (Wildman–Crippen LogP) is 5.08. The monoisotopic (exact) mass is 509 g/mol. The number of amides is 1. The van der Waals surface area contributed by atoms with Gasteiger partial charge < -0.3 is 14.3 Å². The topological polar surface area (TPSA) is 96.0 Å². The normalized spacial score (nSPS) is 19.2. The number of pyridine rings is 1. The van der Waals surface area contributed by atoms with Gasteiger partial charge >= 0.3 is 12.3 Å². The largest absolute Gasteiger partial charge is 0.444 e. The summed E-state index contributed by atoms with van der Waals surface area (Å²) in [7, 11) is 0. The molecule has 3 aromatic rings. The summed E-state index contributed by atoms with van der Waals surface area (Å²) in [4.78, 5) is 36.4. The SMILES string of the molecule is CC(C)(C)OC(=O)N1CC[C@H](C(F)(F)F)C[C@@H]1c1ncccc1Cn1c(=S)[nH]c(=O)c2[nH]ccc21. The molecule has 1 fully saturated rings. The maximum Gasteiger partial charge on any atom is 0.410 e. The second kappa shape index (κ2) is 9.14. The average molecular weight is 510 g/mol. The number of ether oxygens (including phenoxy) is 1. The highest BCUT2D eigenvalue weighted by atomic mass is 32.1. The Morgan fingerprint density at radius 3 is 2.71 bits per heavy atom. The summed E-state index contributed by atoms with van der Waals surface area (Å²) >= 11 is 5.36. The number of aromatic nitrogens is 4. The quantitative estimate of drug-likeness (QED) is 0.480. The first-order valence-electron chi connectivity index (χ1n) is 11.2. The first kappa shape index (κ1) is 25.0. The van der Waals surface area contributed by atoms with Crippen molar-refractivity contribution in [3.63, 3.8) is 0 Å². The minimum atomic E-state index is -4.40. The van der Waals surface area contributed by atoms with Gasteiger partial charge in [0, 0.05) is 18.9 Å². The Balaban J connectivity index is 1.77. The van der Waals surface area contributed by atoms with Crippen LogP contribution in [0.15, 0.2) is 35.4 Å². The molecule has 2 atom stereocenters. The van der Waals surface area contributed by atoms with E-state index < -0.39 is 29.8 Å². The lowest BCUT2D eigenvalue weighted by molar-refractivity contribution is -0.189. The Bertz CT molecular complexity index is 1360. The minimum Gasteiger partial charge on any atom is -0.444 e. The summed E-state index contributed by atoms with van der Waals surface area (Å²) < 4.78 is 48.4. The molecule has 188 valence electrons. The van der Waals surface area contributed by atoms with Crippen LogP contribution in [-0.2, 0) is 11.3 Å². The van der Waals surface area contributed by atoms with Crippen molar-refractivity contribution in [2.24, 2.45) is 5.92 Å². The van der Waals surface area contributed by atoms with E-state index in [1.54, 1.807) is 49.7 Å². The summed E-state index contributed by atoms with van der Waals surface area (Å²) in [6.45, 7) is 5.14. The molecule has 4 rings (SSSR count). The van der Waals surface area contributed by atoms with Crippen molar-refractivity contribution in [1.29, 1.82) is 0 Å². The van der Waals surface area contributed by atoms with Gasteiger partial charge in [-0.2, -0.15) is 13.2 Å². The van der Waals surface area contributed by atoms with Gasteiger partial charge in [0.15, 0.2) is 4.77 Å². The number of carbonyl (C=O) groups is 1. The van der Waals surface area contributed by atoms with E-state index in [-0.39, 0.29) is 36.3 Å². The first-order chi connectivity index (χ1) is 16.3. The number of H-pyrrole nitrogens is 2. The number of hydrogen-bond donors (Lipinski definition) is 2. The lowest BCUT2D eigenvalue weighted by Crippen LogP contribution is -2.46. The maximum atomic E-state index is 13.7. The number of halogens is 3. The molecule has 0 spiro atoms. The number of piperidine rings is 1. The number of aromatic amines is 2. The lowest BCUT2D eigenvalue weighted by atomic mass is 9.87. The molecule has 12 heteroatoms. The second-order valence-electron chi connectivity index (χ2n) is 9.58. The molecule has 0 aliphatic carbocycles. The lowest BCUT2D eigenvalue weighted by Gasteiger charge is -2.40. The van der Waals surface area contributed by atoms with Crippen molar-refractivity contribution in [2.75, 3.05) is 6.54 Å². The molecule has 0 saturated carbocycles. The van der Waals surface area contributed by atoms with Crippen LogP contribution in [0.25, 0.3) is 11.0 Å². The summed E-state index contributed by atoms with van der Waals surface area (Å²) in [5, 5.41) is 0. The third kappa shape index (κ3) is 5.26. The standard InChI is InChI=1S/C23H26F3N5O3S/c1-22(2,3)34-21(33)30-10-7-14(23(24,25)26)11-16(30)17-13(5-4-8-27-17)12-31-15-6-9-28-18(15)19(32)29-20(31)35/h4-6,8-9,14,16,28H,7,10-12H2,1-3H3,(H,29,32,35)/t14-,16+/m0/s1. The molecule has 2 N–H and O–H groups in total. The molecule has 35 heavy (non-hydrogen) atoms. The van der Waals surface area contributed by atoms with Crippen LogP contribution in [0, 0.1) is 10.7 Å². The molecule has 0 radical (unpaired) electrons. The highest BCUT2D eigenvalue weighted by molar-refractivity contribution is 7.71. The Morgan fingerprint density at radius 1 is 1.29 bits per heavy atom. The van der Waals surface area contributed by atoms with Gasteiger partial charge in [0.25, 0.3) is 5.56 Å². The van der Waals surface area contributed by atoms with E-state index in [0.717, 1.165) is 0 Å². The van der Waals surface area contributed by atoms with Crippen LogP contribution in [0.4, 0.5) is 18.0 Å². The van der Waals surface area contributed by atoms with Gasteiger partial charge in [0.2, 0.25) is 0 Å². The highest BCUT2D eigenvalue weighted by Crippen LogP contribution is 2.43. The van der Waals surface area contributed by atoms with Crippen LogP contribution < -0.4 is 5.56 Å². The predicted molar refractivity (Wildman–Crippen MR) is 126 cm³/mol. The molecule has 0 unspecified atom stereocenters. The molecule has 3 aromatic heterocycles. The van der Waals surface area contributed by atoms with E-state index >= 15 is 0 Å². The number of nitrogens with zero attached hydrogens (tertiary/aromatic N) is 3. The van der Waals surface area contributed by atoms with Crippen LogP contribution in [0.5, 0.6) is 0 Å². The van der Waals surface area contributed by atoms with Crippen LogP contribution in [0.3, 0.4) is 0 Å². The first-order valence-corrected chi connectivity index (χ1v) is 11.6. The molecule has 1 amide bonds. The van der Waals surface area contributed by atoms with Crippen molar-refractivity contribution < 1.29 is 22.7 Å². The van der Waals surface area contributed by atoms with Gasteiger partial charge in [0.05, 0.1) is 29.7 Å². The van der Waals surface area contributed by atoms with E-state index in [4.69, 9.17) is 17.0 Å².